The molecular formula is C14H20N2O2S. The van der Waals surface area contributed by atoms with Gasteiger partial charge in [-0.2, -0.15) is 0 Å². The molecule has 19 heavy (non-hydrogen) atoms. The Kier molecular flexibility index (Phi) is 3.21. The molecule has 1 atom stereocenters. The van der Waals surface area contributed by atoms with E-state index in [1.807, 2.05) is 39.8 Å². The highest BCUT2D eigenvalue weighted by Gasteiger charge is 2.43. The molecule has 0 aromatic heterocycles. The van der Waals surface area contributed by atoms with Crippen LogP contribution in [0.25, 0.3) is 0 Å². The summed E-state index contributed by atoms with van der Waals surface area (Å²) < 4.78 is 26.8. The van der Waals surface area contributed by atoms with Gasteiger partial charge in [-0.3, -0.25) is 4.99 Å². The summed E-state index contributed by atoms with van der Waals surface area (Å²) in [5, 5.41) is 0. The average molecular weight is 280 g/mol. The highest BCUT2D eigenvalue weighted by molar-refractivity contribution is 7.89. The van der Waals surface area contributed by atoms with Crippen LogP contribution in [0.4, 0.5) is 0 Å². The summed E-state index contributed by atoms with van der Waals surface area (Å²) in [4.78, 5) is 4.77. The molecule has 4 nitrogen and oxygen atoms in total. The average Bonchev–Trinajstić information content (AvgIpc) is 2.48. The monoisotopic (exact) mass is 280 g/mol. The molecule has 0 saturated heterocycles. The molecule has 1 aliphatic rings. The van der Waals surface area contributed by atoms with E-state index >= 15 is 0 Å². The first kappa shape index (κ1) is 14.1. The van der Waals surface area contributed by atoms with Gasteiger partial charge in [-0.1, -0.05) is 17.7 Å². The van der Waals surface area contributed by atoms with Gasteiger partial charge in [0.15, 0.2) is 0 Å². The first-order chi connectivity index (χ1) is 8.66. The Balaban J connectivity index is 2.47. The van der Waals surface area contributed by atoms with Gasteiger partial charge in [0.2, 0.25) is 0 Å². The van der Waals surface area contributed by atoms with Crippen LogP contribution in [0.2, 0.25) is 0 Å². The van der Waals surface area contributed by atoms with Crippen LogP contribution >= 0.6 is 0 Å². The van der Waals surface area contributed by atoms with E-state index in [0.717, 1.165) is 5.56 Å². The van der Waals surface area contributed by atoms with Crippen LogP contribution in [0.15, 0.2) is 34.2 Å². The van der Waals surface area contributed by atoms with Crippen molar-refractivity contribution in [3.63, 3.8) is 0 Å². The molecule has 0 aliphatic carbocycles. The Hall–Kier alpha value is -1.36. The fourth-order valence-electron chi connectivity index (χ4n) is 2.33. The predicted molar refractivity (Wildman–Crippen MR) is 76.9 cm³/mol. The molecule has 0 N–H and O–H groups in total. The molecule has 0 spiro atoms. The fourth-order valence-corrected chi connectivity index (χ4v) is 4.10. The van der Waals surface area contributed by atoms with Crippen molar-refractivity contribution >= 4 is 15.9 Å². The number of sulfonamides is 1. The zero-order chi connectivity index (χ0) is 14.4. The highest BCUT2D eigenvalue weighted by atomic mass is 32.2. The molecular weight excluding hydrogens is 260 g/mol. The standard InChI is InChI=1S/C14H20N2O2S/c1-10-6-8-13(9-7-10)19(17,18)16-11(2)14(4,5)15-12(16)3/h6-9,11H,1-5H3. The van der Waals surface area contributed by atoms with E-state index in [9.17, 15) is 8.42 Å². The largest absolute Gasteiger partial charge is 0.265 e. The Morgan fingerprint density at radius 3 is 2.11 bits per heavy atom. The van der Waals surface area contributed by atoms with Gasteiger partial charge in [-0.15, -0.1) is 0 Å². The minimum Gasteiger partial charge on any atom is -0.264 e. The van der Waals surface area contributed by atoms with E-state index in [1.54, 1.807) is 19.1 Å². The second kappa shape index (κ2) is 4.34. The number of amidine groups is 1. The number of hydrogen-bond donors (Lipinski definition) is 0. The smallest absolute Gasteiger partial charge is 0.264 e. The number of aliphatic imine (C=N–C) groups is 1. The van der Waals surface area contributed by atoms with Crippen LogP contribution in [0.3, 0.4) is 0 Å². The zero-order valence-electron chi connectivity index (χ0n) is 12.0. The molecule has 1 unspecified atom stereocenters. The van der Waals surface area contributed by atoms with Gasteiger partial charge >= 0.3 is 0 Å². The fraction of sp³-hybridized carbons (Fsp3) is 0.500. The Morgan fingerprint density at radius 2 is 1.68 bits per heavy atom. The summed E-state index contributed by atoms with van der Waals surface area (Å²) in [6, 6.07) is 6.74. The summed E-state index contributed by atoms with van der Waals surface area (Å²) in [5.74, 6) is 0.554. The molecule has 1 heterocycles. The number of rotatable bonds is 2. The molecule has 0 bridgehead atoms. The van der Waals surface area contributed by atoms with E-state index in [1.165, 1.54) is 4.31 Å². The molecule has 1 aromatic rings. The van der Waals surface area contributed by atoms with Crippen LogP contribution in [0.1, 0.15) is 33.3 Å². The lowest BCUT2D eigenvalue weighted by atomic mass is 9.99. The van der Waals surface area contributed by atoms with Gasteiger partial charge in [0.1, 0.15) is 5.84 Å². The quantitative estimate of drug-likeness (QED) is 0.836. The van der Waals surface area contributed by atoms with Crippen molar-refractivity contribution in [1.29, 1.82) is 0 Å². The number of benzene rings is 1. The van der Waals surface area contributed by atoms with E-state index in [4.69, 9.17) is 0 Å². The van der Waals surface area contributed by atoms with Crippen LogP contribution in [0.5, 0.6) is 0 Å². The van der Waals surface area contributed by atoms with E-state index < -0.39 is 10.0 Å². The van der Waals surface area contributed by atoms with Crippen LogP contribution in [-0.4, -0.2) is 30.1 Å². The van der Waals surface area contributed by atoms with Crippen LogP contribution in [-0.2, 0) is 10.0 Å². The molecule has 1 aliphatic heterocycles. The Bertz CT molecular complexity index is 615. The third kappa shape index (κ3) is 2.27. The number of hydrogen-bond acceptors (Lipinski definition) is 3. The lowest BCUT2D eigenvalue weighted by Gasteiger charge is -2.29. The van der Waals surface area contributed by atoms with Gasteiger partial charge < -0.3 is 0 Å². The molecule has 5 heteroatoms. The van der Waals surface area contributed by atoms with Crippen LogP contribution in [0, 0.1) is 6.92 Å². The summed E-state index contributed by atoms with van der Waals surface area (Å²) in [6.07, 6.45) is 0. The first-order valence-electron chi connectivity index (χ1n) is 6.34. The van der Waals surface area contributed by atoms with Gasteiger partial charge in [-0.25, -0.2) is 12.7 Å². The molecule has 0 amide bonds. The summed E-state index contributed by atoms with van der Waals surface area (Å²) in [7, 11) is -3.52. The van der Waals surface area contributed by atoms with Gasteiger partial charge in [0.05, 0.1) is 16.5 Å². The number of nitrogens with zero attached hydrogens (tertiary/aromatic N) is 2. The van der Waals surface area contributed by atoms with Crippen molar-refractivity contribution in [2.45, 2.75) is 51.1 Å². The molecule has 0 saturated carbocycles. The van der Waals surface area contributed by atoms with Gasteiger partial charge in [0, 0.05) is 0 Å². The lowest BCUT2D eigenvalue weighted by molar-refractivity contribution is 0.355. The molecule has 1 aromatic carbocycles. The maximum absolute atomic E-state index is 12.7. The van der Waals surface area contributed by atoms with Crippen molar-refractivity contribution in [3.05, 3.63) is 29.8 Å². The number of aryl methyl sites for hydroxylation is 1. The van der Waals surface area contributed by atoms with E-state index in [-0.39, 0.29) is 11.6 Å². The third-order valence-electron chi connectivity index (χ3n) is 3.72. The van der Waals surface area contributed by atoms with Crippen molar-refractivity contribution in [2.75, 3.05) is 0 Å². The maximum atomic E-state index is 12.7. The van der Waals surface area contributed by atoms with Crippen molar-refractivity contribution in [3.8, 4) is 0 Å². The normalized spacial score (nSPS) is 22.5. The molecule has 104 valence electrons. The minimum atomic E-state index is -3.52. The topological polar surface area (TPSA) is 49.7 Å². The molecule has 2 rings (SSSR count). The lowest BCUT2D eigenvalue weighted by Crippen LogP contribution is -2.44. The highest BCUT2D eigenvalue weighted by Crippen LogP contribution is 2.32. The van der Waals surface area contributed by atoms with Gasteiger partial charge in [-0.05, 0) is 46.8 Å². The van der Waals surface area contributed by atoms with Crippen molar-refractivity contribution < 1.29 is 8.42 Å². The Morgan fingerprint density at radius 1 is 1.16 bits per heavy atom. The third-order valence-corrected chi connectivity index (χ3v) is 5.69. The maximum Gasteiger partial charge on any atom is 0.265 e. The van der Waals surface area contributed by atoms with Crippen molar-refractivity contribution in [1.82, 2.24) is 4.31 Å². The summed E-state index contributed by atoms with van der Waals surface area (Å²) in [6.45, 7) is 9.48. The van der Waals surface area contributed by atoms with Crippen LogP contribution < -0.4 is 0 Å². The van der Waals surface area contributed by atoms with E-state index in [2.05, 4.69) is 4.99 Å². The summed E-state index contributed by atoms with van der Waals surface area (Å²) >= 11 is 0. The second-order valence-corrected chi connectivity index (χ2v) is 7.42. The zero-order valence-corrected chi connectivity index (χ0v) is 12.8. The SMILES string of the molecule is CC1=NC(C)(C)C(C)N1S(=O)(=O)c1ccc(C)cc1. The molecule has 0 radical (unpaired) electrons. The summed E-state index contributed by atoms with van der Waals surface area (Å²) in [5.41, 5.74) is 0.654. The second-order valence-electron chi connectivity index (χ2n) is 5.60. The minimum absolute atomic E-state index is 0.182. The van der Waals surface area contributed by atoms with Crippen molar-refractivity contribution in [2.24, 2.45) is 4.99 Å². The first-order valence-corrected chi connectivity index (χ1v) is 7.78. The van der Waals surface area contributed by atoms with E-state index in [0.29, 0.717) is 10.7 Å². The Labute approximate surface area is 115 Å². The van der Waals surface area contributed by atoms with Gasteiger partial charge in [0.25, 0.3) is 10.0 Å². The molecule has 0 fully saturated rings. The predicted octanol–water partition coefficient (Wildman–Crippen LogP) is 2.58.